The van der Waals surface area contributed by atoms with Crippen LogP contribution in [0.3, 0.4) is 0 Å². The number of rotatable bonds is 9. The number of hydrogen-bond donors (Lipinski definition) is 2. The molecule has 0 aromatic heterocycles. The highest BCUT2D eigenvalue weighted by Crippen LogP contribution is 2.17. The number of benzene rings is 3. The van der Waals surface area contributed by atoms with Crippen molar-refractivity contribution in [2.24, 2.45) is 0 Å². The van der Waals surface area contributed by atoms with Crippen LogP contribution >= 0.6 is 0 Å². The van der Waals surface area contributed by atoms with E-state index in [9.17, 15) is 9.59 Å². The summed E-state index contributed by atoms with van der Waals surface area (Å²) in [6.45, 7) is 2.41. The zero-order valence-corrected chi connectivity index (χ0v) is 17.5. The predicted molar refractivity (Wildman–Crippen MR) is 124 cm³/mol. The number of aryl methyl sites for hydroxylation is 1. The summed E-state index contributed by atoms with van der Waals surface area (Å²) >= 11 is 0. The molecule has 0 radical (unpaired) electrons. The molecule has 158 valence electrons. The monoisotopic (exact) mass is 414 g/mol. The number of carbonyl (C=O) groups excluding carboxylic acids is 2. The van der Waals surface area contributed by atoms with E-state index in [0.717, 1.165) is 34.5 Å². The molecule has 2 amide bonds. The molecule has 0 spiro atoms. The molecule has 0 fully saturated rings. The Morgan fingerprint density at radius 3 is 2.52 bits per heavy atom. The van der Waals surface area contributed by atoms with E-state index in [1.807, 2.05) is 85.8 Å². The van der Waals surface area contributed by atoms with Gasteiger partial charge in [-0.1, -0.05) is 67.6 Å². The maximum absolute atomic E-state index is 12.1. The van der Waals surface area contributed by atoms with Gasteiger partial charge in [0.2, 0.25) is 11.8 Å². The van der Waals surface area contributed by atoms with Crippen molar-refractivity contribution >= 4 is 23.6 Å². The van der Waals surface area contributed by atoms with Crippen LogP contribution in [0.5, 0.6) is 5.75 Å². The van der Waals surface area contributed by atoms with Gasteiger partial charge >= 0.3 is 0 Å². The lowest BCUT2D eigenvalue weighted by Gasteiger charge is -2.09. The molecule has 0 aliphatic rings. The molecule has 5 nitrogen and oxygen atoms in total. The topological polar surface area (TPSA) is 67.4 Å². The van der Waals surface area contributed by atoms with E-state index in [-0.39, 0.29) is 18.4 Å². The van der Waals surface area contributed by atoms with E-state index in [1.54, 1.807) is 6.08 Å². The lowest BCUT2D eigenvalue weighted by atomic mass is 10.1. The van der Waals surface area contributed by atoms with Crippen molar-refractivity contribution in [1.82, 2.24) is 5.32 Å². The highest BCUT2D eigenvalue weighted by atomic mass is 16.5. The third-order valence-corrected chi connectivity index (χ3v) is 4.63. The number of ether oxygens (including phenoxy) is 1. The summed E-state index contributed by atoms with van der Waals surface area (Å²) in [6.07, 6.45) is 3.91. The average Bonchev–Trinajstić information content (AvgIpc) is 2.81. The molecule has 31 heavy (non-hydrogen) atoms. The second-order valence-corrected chi connectivity index (χ2v) is 6.96. The summed E-state index contributed by atoms with van der Waals surface area (Å²) in [5, 5.41) is 5.43. The van der Waals surface area contributed by atoms with Crippen molar-refractivity contribution in [3.8, 4) is 5.75 Å². The Hall–Kier alpha value is -3.86. The SMILES string of the molecule is CCc1ccccc1NC(=O)CNC(=O)/C=C/c1cccc(OCc2ccccc2)c1. The van der Waals surface area contributed by atoms with Crippen molar-refractivity contribution < 1.29 is 14.3 Å². The largest absolute Gasteiger partial charge is 0.489 e. The first-order chi connectivity index (χ1) is 15.1. The predicted octanol–water partition coefficient (Wildman–Crippen LogP) is 4.60. The first kappa shape index (κ1) is 21.8. The van der Waals surface area contributed by atoms with Gasteiger partial charge in [0.15, 0.2) is 0 Å². The third kappa shape index (κ3) is 7.16. The van der Waals surface area contributed by atoms with Gasteiger partial charge in [0.25, 0.3) is 0 Å². The molecule has 3 aromatic carbocycles. The van der Waals surface area contributed by atoms with E-state index in [1.165, 1.54) is 6.08 Å². The molecular formula is C26H26N2O3. The van der Waals surface area contributed by atoms with Crippen LogP contribution in [0.4, 0.5) is 5.69 Å². The van der Waals surface area contributed by atoms with Crippen LogP contribution in [0, 0.1) is 0 Å². The summed E-state index contributed by atoms with van der Waals surface area (Å²) in [5.74, 6) is 0.119. The van der Waals surface area contributed by atoms with E-state index in [2.05, 4.69) is 10.6 Å². The number of carbonyl (C=O) groups is 2. The lowest BCUT2D eigenvalue weighted by molar-refractivity contribution is -0.121. The van der Waals surface area contributed by atoms with Crippen LogP contribution < -0.4 is 15.4 Å². The van der Waals surface area contributed by atoms with E-state index in [4.69, 9.17) is 4.74 Å². The molecule has 0 saturated heterocycles. The number of nitrogens with one attached hydrogen (secondary N) is 2. The zero-order chi connectivity index (χ0) is 21.9. The fourth-order valence-corrected chi connectivity index (χ4v) is 2.99. The summed E-state index contributed by atoms with van der Waals surface area (Å²) in [4.78, 5) is 24.2. The number of amides is 2. The van der Waals surface area contributed by atoms with Crippen LogP contribution in [0.25, 0.3) is 6.08 Å². The highest BCUT2D eigenvalue weighted by molar-refractivity contribution is 5.98. The van der Waals surface area contributed by atoms with E-state index < -0.39 is 0 Å². The quantitative estimate of drug-likeness (QED) is 0.503. The molecule has 5 heteroatoms. The van der Waals surface area contributed by atoms with Crippen molar-refractivity contribution in [1.29, 1.82) is 0 Å². The van der Waals surface area contributed by atoms with Gasteiger partial charge in [-0.2, -0.15) is 0 Å². The fraction of sp³-hybridized carbons (Fsp3) is 0.154. The summed E-state index contributed by atoms with van der Waals surface area (Å²) in [7, 11) is 0. The maximum atomic E-state index is 12.1. The molecule has 0 saturated carbocycles. The Balaban J connectivity index is 1.47. The first-order valence-electron chi connectivity index (χ1n) is 10.2. The average molecular weight is 415 g/mol. The standard InChI is InChI=1S/C26H26N2O3/c1-2-22-12-6-7-14-24(22)28-26(30)18-27-25(29)16-15-20-11-8-13-23(17-20)31-19-21-9-4-3-5-10-21/h3-17H,2,18-19H2,1H3,(H,27,29)(H,28,30)/b16-15+. The molecule has 3 rings (SSSR count). The molecular weight excluding hydrogens is 388 g/mol. The van der Waals surface area contributed by atoms with Crippen molar-refractivity contribution in [3.05, 3.63) is 102 Å². The molecule has 0 heterocycles. The minimum absolute atomic E-state index is 0.0958. The number of para-hydroxylation sites is 1. The van der Waals surface area contributed by atoms with Crippen LogP contribution in [0.2, 0.25) is 0 Å². The van der Waals surface area contributed by atoms with Gasteiger partial charge in [-0.3, -0.25) is 9.59 Å². The Morgan fingerprint density at radius 1 is 0.935 bits per heavy atom. The highest BCUT2D eigenvalue weighted by Gasteiger charge is 2.06. The molecule has 0 aliphatic heterocycles. The Kier molecular flexibility index (Phi) is 8.00. The first-order valence-corrected chi connectivity index (χ1v) is 10.2. The minimum atomic E-state index is -0.338. The molecule has 0 unspecified atom stereocenters. The third-order valence-electron chi connectivity index (χ3n) is 4.63. The Morgan fingerprint density at radius 2 is 1.71 bits per heavy atom. The molecule has 0 atom stereocenters. The normalized spacial score (nSPS) is 10.6. The summed E-state index contributed by atoms with van der Waals surface area (Å²) < 4.78 is 5.81. The van der Waals surface area contributed by atoms with Gasteiger partial charge in [-0.25, -0.2) is 0 Å². The Bertz CT molecular complexity index is 1050. The van der Waals surface area contributed by atoms with Crippen LogP contribution in [0.1, 0.15) is 23.6 Å². The van der Waals surface area contributed by atoms with E-state index in [0.29, 0.717) is 6.61 Å². The van der Waals surface area contributed by atoms with Gasteiger partial charge in [0, 0.05) is 11.8 Å². The van der Waals surface area contributed by atoms with Crippen LogP contribution in [0.15, 0.2) is 84.9 Å². The molecule has 3 aromatic rings. The van der Waals surface area contributed by atoms with Crippen molar-refractivity contribution in [2.75, 3.05) is 11.9 Å². The maximum Gasteiger partial charge on any atom is 0.244 e. The van der Waals surface area contributed by atoms with E-state index >= 15 is 0 Å². The van der Waals surface area contributed by atoms with Crippen molar-refractivity contribution in [3.63, 3.8) is 0 Å². The van der Waals surface area contributed by atoms with Gasteiger partial charge in [-0.05, 0) is 47.4 Å². The Labute approximate surface area is 182 Å². The van der Waals surface area contributed by atoms with Crippen LogP contribution in [-0.2, 0) is 22.6 Å². The molecule has 2 N–H and O–H groups in total. The smallest absolute Gasteiger partial charge is 0.244 e. The fourth-order valence-electron chi connectivity index (χ4n) is 2.99. The lowest BCUT2D eigenvalue weighted by Crippen LogP contribution is -2.31. The molecule has 0 bridgehead atoms. The van der Waals surface area contributed by atoms with Crippen LogP contribution in [-0.4, -0.2) is 18.4 Å². The second-order valence-electron chi connectivity index (χ2n) is 6.96. The van der Waals surface area contributed by atoms with Gasteiger partial charge in [0.05, 0.1) is 6.54 Å². The van der Waals surface area contributed by atoms with Gasteiger partial charge < -0.3 is 15.4 Å². The van der Waals surface area contributed by atoms with Crippen molar-refractivity contribution in [2.45, 2.75) is 20.0 Å². The van der Waals surface area contributed by atoms with Gasteiger partial charge in [-0.15, -0.1) is 0 Å². The summed E-state index contributed by atoms with van der Waals surface area (Å²) in [5.41, 5.74) is 3.74. The number of anilines is 1. The summed E-state index contributed by atoms with van der Waals surface area (Å²) in [6, 6.07) is 25.0. The molecule has 0 aliphatic carbocycles. The number of hydrogen-bond acceptors (Lipinski definition) is 3. The zero-order valence-electron chi connectivity index (χ0n) is 17.5. The minimum Gasteiger partial charge on any atom is -0.489 e. The second kappa shape index (κ2) is 11.4. The van der Waals surface area contributed by atoms with Gasteiger partial charge in [0.1, 0.15) is 12.4 Å².